The van der Waals surface area contributed by atoms with Crippen LogP contribution in [0.1, 0.15) is 23.2 Å². The summed E-state index contributed by atoms with van der Waals surface area (Å²) in [5.41, 5.74) is 2.38. The highest BCUT2D eigenvalue weighted by Crippen LogP contribution is 2.53. The first-order valence-corrected chi connectivity index (χ1v) is 15.4. The Morgan fingerprint density at radius 3 is 1.95 bits per heavy atom. The fraction of sp³-hybridized carbons (Fsp3) is 0.611. The van der Waals surface area contributed by atoms with Crippen molar-refractivity contribution in [3.05, 3.63) is 35.9 Å². The molecule has 0 bridgehead atoms. The van der Waals surface area contributed by atoms with Gasteiger partial charge in [0.15, 0.2) is 5.78 Å². The van der Waals surface area contributed by atoms with Crippen molar-refractivity contribution in [2.45, 2.75) is 63.2 Å². The van der Waals surface area contributed by atoms with Crippen LogP contribution in [-0.2, 0) is 0 Å². The van der Waals surface area contributed by atoms with Crippen LogP contribution in [0.3, 0.4) is 0 Å². The third-order valence-electron chi connectivity index (χ3n) is 5.29. The van der Waals surface area contributed by atoms with E-state index in [9.17, 15) is 4.79 Å². The molecule has 0 amide bonds. The Hall–Kier alpha value is -0.676. The molecule has 0 saturated heterocycles. The van der Waals surface area contributed by atoms with Gasteiger partial charge in [0.2, 0.25) is 0 Å². The van der Waals surface area contributed by atoms with Gasteiger partial charge in [0.05, 0.1) is 0 Å². The van der Waals surface area contributed by atoms with Crippen LogP contribution in [0.2, 0.25) is 50.4 Å². The Balaban J connectivity index is 2.29. The van der Waals surface area contributed by atoms with E-state index in [1.165, 1.54) is 6.42 Å². The van der Waals surface area contributed by atoms with E-state index < -0.39 is 16.1 Å². The van der Waals surface area contributed by atoms with E-state index in [1.54, 1.807) is 0 Å². The molecular weight excluding hydrogens is 288 g/mol. The van der Waals surface area contributed by atoms with Crippen molar-refractivity contribution in [3.63, 3.8) is 0 Å². The molecule has 1 aliphatic rings. The SMILES string of the molecule is C[Si](C)(C)[C@H]1C[C@H](C(=O)c2ccccc2)[C@@H]([Si](C)(C)C)C1. The third-order valence-corrected chi connectivity index (χ3v) is 11.1. The van der Waals surface area contributed by atoms with Crippen LogP contribution >= 0.6 is 0 Å². The van der Waals surface area contributed by atoms with Crippen LogP contribution < -0.4 is 0 Å². The van der Waals surface area contributed by atoms with Crippen LogP contribution in [0.5, 0.6) is 0 Å². The maximum atomic E-state index is 13.0. The highest BCUT2D eigenvalue weighted by molar-refractivity contribution is 6.80. The first kappa shape index (κ1) is 16.7. The number of hydrogen-bond acceptors (Lipinski definition) is 1. The number of carbonyl (C=O) groups excluding carboxylic acids is 1. The third kappa shape index (κ3) is 3.75. The summed E-state index contributed by atoms with van der Waals surface area (Å²) in [5.74, 6) is 0.680. The molecule has 0 heterocycles. The van der Waals surface area contributed by atoms with E-state index in [0.29, 0.717) is 11.3 Å². The predicted octanol–water partition coefficient (Wildman–Crippen LogP) is 5.70. The first-order valence-electron chi connectivity index (χ1n) is 8.20. The van der Waals surface area contributed by atoms with Gasteiger partial charge in [-0.1, -0.05) is 76.0 Å². The van der Waals surface area contributed by atoms with E-state index >= 15 is 0 Å². The monoisotopic (exact) mass is 318 g/mol. The van der Waals surface area contributed by atoms with E-state index in [1.807, 2.05) is 30.3 Å². The lowest BCUT2D eigenvalue weighted by Crippen LogP contribution is -2.33. The van der Waals surface area contributed by atoms with Crippen molar-refractivity contribution < 1.29 is 4.79 Å². The number of ketones is 1. The van der Waals surface area contributed by atoms with Crippen LogP contribution in [0.15, 0.2) is 30.3 Å². The molecule has 0 aromatic heterocycles. The van der Waals surface area contributed by atoms with Crippen LogP contribution in [-0.4, -0.2) is 21.9 Å². The summed E-state index contributed by atoms with van der Waals surface area (Å²) in [6, 6.07) is 9.95. The Morgan fingerprint density at radius 2 is 1.48 bits per heavy atom. The Kier molecular flexibility index (Phi) is 4.64. The average Bonchev–Trinajstić information content (AvgIpc) is 2.83. The lowest BCUT2D eigenvalue weighted by molar-refractivity contribution is 0.0921. The molecule has 0 aliphatic heterocycles. The Labute approximate surface area is 132 Å². The van der Waals surface area contributed by atoms with Gasteiger partial charge < -0.3 is 0 Å². The molecule has 1 aromatic rings. The standard InChI is InChI=1S/C18H30OSi2/c1-20(2,3)15-12-16(17(13-15)21(4,5)6)18(19)14-10-8-7-9-11-14/h7-11,15-17H,12-13H2,1-6H3/t15-,16-,17-/m0/s1. The molecule has 0 unspecified atom stereocenters. The lowest BCUT2D eigenvalue weighted by atomic mass is 9.96. The quantitative estimate of drug-likeness (QED) is 0.514. The van der Waals surface area contributed by atoms with Gasteiger partial charge >= 0.3 is 0 Å². The molecule has 1 aliphatic carbocycles. The average molecular weight is 319 g/mol. The van der Waals surface area contributed by atoms with Crippen molar-refractivity contribution in [1.82, 2.24) is 0 Å². The van der Waals surface area contributed by atoms with Crippen molar-refractivity contribution in [3.8, 4) is 0 Å². The Bertz CT molecular complexity index is 496. The fourth-order valence-corrected chi connectivity index (χ4v) is 8.45. The van der Waals surface area contributed by atoms with Gasteiger partial charge in [0.25, 0.3) is 0 Å². The second-order valence-electron chi connectivity index (χ2n) is 8.84. The molecule has 1 aromatic carbocycles. The van der Waals surface area contributed by atoms with Gasteiger partial charge in [-0.05, 0) is 17.5 Å². The van der Waals surface area contributed by atoms with Crippen molar-refractivity contribution in [2.24, 2.45) is 5.92 Å². The molecule has 1 fully saturated rings. The lowest BCUT2D eigenvalue weighted by Gasteiger charge is -2.30. The van der Waals surface area contributed by atoms with Crippen molar-refractivity contribution in [1.29, 1.82) is 0 Å². The minimum atomic E-state index is -1.30. The number of benzene rings is 1. The van der Waals surface area contributed by atoms with Crippen LogP contribution in [0, 0.1) is 5.92 Å². The highest BCUT2D eigenvalue weighted by Gasteiger charge is 2.48. The van der Waals surface area contributed by atoms with Gasteiger partial charge in [-0.3, -0.25) is 4.79 Å². The van der Waals surface area contributed by atoms with Crippen molar-refractivity contribution >= 4 is 21.9 Å². The van der Waals surface area contributed by atoms with E-state index in [-0.39, 0.29) is 5.92 Å². The number of rotatable bonds is 4. The number of carbonyl (C=O) groups is 1. The maximum absolute atomic E-state index is 13.0. The molecule has 1 nitrogen and oxygen atoms in total. The molecule has 3 heteroatoms. The smallest absolute Gasteiger partial charge is 0.165 e. The van der Waals surface area contributed by atoms with E-state index in [2.05, 4.69) is 39.3 Å². The molecule has 2 rings (SSSR count). The number of hydrogen-bond donors (Lipinski definition) is 0. The first-order chi connectivity index (χ1) is 9.60. The summed E-state index contributed by atoms with van der Waals surface area (Å²) in [5, 5.41) is 0. The van der Waals surface area contributed by atoms with E-state index in [4.69, 9.17) is 0 Å². The predicted molar refractivity (Wildman–Crippen MR) is 97.7 cm³/mol. The van der Waals surface area contributed by atoms with Crippen LogP contribution in [0.4, 0.5) is 0 Å². The second kappa shape index (κ2) is 5.84. The maximum Gasteiger partial charge on any atom is 0.165 e. The minimum absolute atomic E-state index is 0.274. The molecule has 0 spiro atoms. The van der Waals surface area contributed by atoms with Gasteiger partial charge in [-0.2, -0.15) is 0 Å². The summed E-state index contributed by atoms with van der Waals surface area (Å²) in [4.78, 5) is 13.0. The van der Waals surface area contributed by atoms with Gasteiger partial charge in [0.1, 0.15) is 0 Å². The zero-order valence-electron chi connectivity index (χ0n) is 14.4. The van der Waals surface area contributed by atoms with Crippen molar-refractivity contribution in [2.75, 3.05) is 0 Å². The summed E-state index contributed by atoms with van der Waals surface area (Å²) in [6.45, 7) is 14.7. The fourth-order valence-electron chi connectivity index (χ4n) is 3.81. The minimum Gasteiger partial charge on any atom is -0.294 e. The van der Waals surface area contributed by atoms with Gasteiger partial charge in [-0.25, -0.2) is 0 Å². The summed E-state index contributed by atoms with van der Waals surface area (Å²) >= 11 is 0. The summed E-state index contributed by atoms with van der Waals surface area (Å²) in [6.07, 6.45) is 2.44. The molecular formula is C18H30OSi2. The molecule has 21 heavy (non-hydrogen) atoms. The zero-order chi connectivity index (χ0) is 15.8. The van der Waals surface area contributed by atoms with Gasteiger partial charge in [-0.15, -0.1) is 0 Å². The molecule has 0 radical (unpaired) electrons. The number of Topliss-reactive ketones (excluding diaryl/α,β-unsaturated/α-hetero) is 1. The molecule has 0 N–H and O–H groups in total. The molecule has 3 atom stereocenters. The normalized spacial score (nSPS) is 26.9. The topological polar surface area (TPSA) is 17.1 Å². The molecule has 1 saturated carbocycles. The Morgan fingerprint density at radius 1 is 0.905 bits per heavy atom. The van der Waals surface area contributed by atoms with E-state index in [0.717, 1.165) is 17.5 Å². The summed E-state index contributed by atoms with van der Waals surface area (Å²) in [7, 11) is -2.47. The van der Waals surface area contributed by atoms with Gasteiger partial charge in [0, 0.05) is 27.6 Å². The van der Waals surface area contributed by atoms with Crippen LogP contribution in [0.25, 0.3) is 0 Å². The zero-order valence-corrected chi connectivity index (χ0v) is 16.4. The summed E-state index contributed by atoms with van der Waals surface area (Å²) < 4.78 is 0. The molecule has 116 valence electrons. The largest absolute Gasteiger partial charge is 0.294 e. The second-order valence-corrected chi connectivity index (χ2v) is 19.9. The highest BCUT2D eigenvalue weighted by atomic mass is 28.3.